The van der Waals surface area contributed by atoms with Crippen molar-refractivity contribution in [1.29, 1.82) is 0 Å². The highest BCUT2D eigenvalue weighted by molar-refractivity contribution is 6.14. The van der Waals surface area contributed by atoms with Crippen molar-refractivity contribution in [1.82, 2.24) is 0 Å². The summed E-state index contributed by atoms with van der Waals surface area (Å²) in [5.41, 5.74) is 3.23. The molecule has 4 nitrogen and oxygen atoms in total. The predicted octanol–water partition coefficient (Wildman–Crippen LogP) is 5.69. The van der Waals surface area contributed by atoms with E-state index >= 15 is 0 Å². The second-order valence-corrected chi connectivity index (χ2v) is 7.50. The average molecular weight is 398 g/mol. The van der Waals surface area contributed by atoms with Crippen molar-refractivity contribution < 1.29 is 19.1 Å². The summed E-state index contributed by atoms with van der Waals surface area (Å²) in [5, 5.41) is 0. The fraction of sp³-hybridized carbons (Fsp3) is 0.154. The second-order valence-electron chi connectivity index (χ2n) is 7.50. The third-order valence-corrected chi connectivity index (χ3v) is 5.01. The smallest absolute Gasteiger partial charge is 0.231 e. The van der Waals surface area contributed by atoms with Crippen LogP contribution < -0.4 is 9.47 Å². The second kappa shape index (κ2) is 8.37. The van der Waals surface area contributed by atoms with Crippen molar-refractivity contribution in [2.24, 2.45) is 0 Å². The maximum absolute atomic E-state index is 12.7. The van der Waals surface area contributed by atoms with Crippen LogP contribution in [0.25, 0.3) is 6.08 Å². The van der Waals surface area contributed by atoms with Crippen LogP contribution in [0.3, 0.4) is 0 Å². The molecule has 0 amide bonds. The third kappa shape index (κ3) is 4.18. The summed E-state index contributed by atoms with van der Waals surface area (Å²) < 4.78 is 11.4. The maximum atomic E-state index is 12.7. The number of hydrogen-bond donors (Lipinski definition) is 0. The first-order valence-electron chi connectivity index (χ1n) is 9.90. The van der Waals surface area contributed by atoms with Gasteiger partial charge in [-0.3, -0.25) is 9.59 Å². The van der Waals surface area contributed by atoms with Gasteiger partial charge in [-0.1, -0.05) is 68.4 Å². The van der Waals surface area contributed by atoms with Gasteiger partial charge in [-0.25, -0.2) is 0 Å². The van der Waals surface area contributed by atoms with Crippen LogP contribution in [0.15, 0.2) is 78.6 Å². The molecular weight excluding hydrogens is 376 g/mol. The fourth-order valence-corrected chi connectivity index (χ4v) is 3.24. The molecule has 0 fully saturated rings. The van der Waals surface area contributed by atoms with Crippen LogP contribution in [-0.2, 0) is 0 Å². The van der Waals surface area contributed by atoms with Gasteiger partial charge in [0.15, 0.2) is 18.1 Å². The molecular formula is C26H22O4. The summed E-state index contributed by atoms with van der Waals surface area (Å²) in [6.45, 7) is 4.20. The van der Waals surface area contributed by atoms with Crippen molar-refractivity contribution in [2.45, 2.75) is 19.8 Å². The zero-order chi connectivity index (χ0) is 21.1. The first kappa shape index (κ1) is 19.6. The van der Waals surface area contributed by atoms with Crippen LogP contribution in [0.4, 0.5) is 0 Å². The highest BCUT2D eigenvalue weighted by atomic mass is 16.5. The maximum Gasteiger partial charge on any atom is 0.231 e. The summed E-state index contributed by atoms with van der Waals surface area (Å²) in [6, 6.07) is 22.0. The Hall–Kier alpha value is -3.66. The van der Waals surface area contributed by atoms with E-state index in [1.165, 1.54) is 5.56 Å². The molecule has 4 heteroatoms. The molecule has 0 unspecified atom stereocenters. The van der Waals surface area contributed by atoms with Crippen molar-refractivity contribution in [3.05, 3.63) is 101 Å². The minimum atomic E-state index is -0.162. The minimum Gasteiger partial charge on any atom is -0.485 e. The number of carbonyl (C=O) groups is 2. The molecule has 0 aliphatic carbocycles. The summed E-state index contributed by atoms with van der Waals surface area (Å²) in [4.78, 5) is 24.9. The van der Waals surface area contributed by atoms with Crippen molar-refractivity contribution in [2.75, 3.05) is 6.61 Å². The first-order valence-corrected chi connectivity index (χ1v) is 9.90. The molecule has 4 rings (SSSR count). The molecule has 0 radical (unpaired) electrons. The number of fused-ring (bicyclic) bond motifs is 1. The van der Waals surface area contributed by atoms with Gasteiger partial charge in [0, 0.05) is 11.6 Å². The number of benzene rings is 3. The van der Waals surface area contributed by atoms with E-state index in [0.29, 0.717) is 28.5 Å². The zero-order valence-corrected chi connectivity index (χ0v) is 16.9. The van der Waals surface area contributed by atoms with Crippen LogP contribution >= 0.6 is 0 Å². The summed E-state index contributed by atoms with van der Waals surface area (Å²) in [5.74, 6) is 1.37. The normalized spacial score (nSPS) is 14.0. The lowest BCUT2D eigenvalue weighted by molar-refractivity contribution is 0.0921. The van der Waals surface area contributed by atoms with Crippen molar-refractivity contribution in [3.63, 3.8) is 0 Å². The average Bonchev–Trinajstić information content (AvgIpc) is 3.07. The molecule has 1 aliphatic heterocycles. The third-order valence-electron chi connectivity index (χ3n) is 5.01. The lowest BCUT2D eigenvalue weighted by Crippen LogP contribution is -2.11. The molecule has 0 atom stereocenters. The molecule has 0 N–H and O–H groups in total. The van der Waals surface area contributed by atoms with Gasteiger partial charge in [-0.05, 0) is 35.3 Å². The summed E-state index contributed by atoms with van der Waals surface area (Å²) in [7, 11) is 0. The summed E-state index contributed by atoms with van der Waals surface area (Å²) in [6.07, 6.45) is 1.74. The number of ketones is 2. The first-order chi connectivity index (χ1) is 14.5. The van der Waals surface area contributed by atoms with E-state index in [0.717, 1.165) is 5.56 Å². The van der Waals surface area contributed by atoms with Crippen molar-refractivity contribution >= 4 is 17.6 Å². The monoisotopic (exact) mass is 398 g/mol. The minimum absolute atomic E-state index is 0.0817. The molecule has 0 saturated heterocycles. The van der Waals surface area contributed by atoms with E-state index in [2.05, 4.69) is 26.0 Å². The van der Waals surface area contributed by atoms with Gasteiger partial charge in [-0.2, -0.15) is 0 Å². The molecule has 0 saturated carbocycles. The van der Waals surface area contributed by atoms with E-state index in [9.17, 15) is 9.59 Å². The number of carbonyl (C=O) groups excluding carboxylic acids is 2. The quantitative estimate of drug-likeness (QED) is 0.395. The molecule has 3 aromatic rings. The molecule has 0 aromatic heterocycles. The molecule has 1 aliphatic rings. The number of Topliss-reactive ketones (excluding diaryl/α,β-unsaturated/α-hetero) is 2. The Balaban J connectivity index is 1.46. The molecule has 1 heterocycles. The van der Waals surface area contributed by atoms with Crippen LogP contribution in [0.2, 0.25) is 0 Å². The van der Waals surface area contributed by atoms with Crippen LogP contribution in [0, 0.1) is 0 Å². The number of rotatable bonds is 6. The molecule has 30 heavy (non-hydrogen) atoms. The molecule has 0 bridgehead atoms. The van der Waals surface area contributed by atoms with Gasteiger partial charge < -0.3 is 9.47 Å². The Morgan fingerprint density at radius 3 is 2.43 bits per heavy atom. The van der Waals surface area contributed by atoms with Gasteiger partial charge in [0.25, 0.3) is 0 Å². The van der Waals surface area contributed by atoms with E-state index in [1.54, 1.807) is 36.4 Å². The van der Waals surface area contributed by atoms with Gasteiger partial charge in [-0.15, -0.1) is 0 Å². The van der Waals surface area contributed by atoms with Gasteiger partial charge in [0.1, 0.15) is 11.5 Å². The van der Waals surface area contributed by atoms with E-state index in [-0.39, 0.29) is 23.9 Å². The Bertz CT molecular complexity index is 1110. The topological polar surface area (TPSA) is 52.6 Å². The standard InChI is InChI=1S/C26H22O4/c1-17(2)19-10-8-18(9-11-19)14-25-26(28)22-13-12-21(15-24(22)30-25)29-16-23(27)20-6-4-3-5-7-20/h3-15,17H,16H2,1-2H3/b25-14-. The van der Waals surface area contributed by atoms with E-state index in [4.69, 9.17) is 9.47 Å². The van der Waals surface area contributed by atoms with Gasteiger partial charge in [0.2, 0.25) is 5.78 Å². The molecule has 150 valence electrons. The lowest BCUT2D eigenvalue weighted by atomic mass is 10.0. The Kier molecular flexibility index (Phi) is 5.48. The Morgan fingerprint density at radius 1 is 1.00 bits per heavy atom. The zero-order valence-electron chi connectivity index (χ0n) is 16.9. The Labute approximate surface area is 175 Å². The highest BCUT2D eigenvalue weighted by Gasteiger charge is 2.27. The van der Waals surface area contributed by atoms with E-state index < -0.39 is 0 Å². The van der Waals surface area contributed by atoms with Gasteiger partial charge in [0.05, 0.1) is 5.56 Å². The SMILES string of the molecule is CC(C)c1ccc(/C=C2\Oc3cc(OCC(=O)c4ccccc4)ccc3C2=O)cc1. The summed E-state index contributed by atoms with van der Waals surface area (Å²) >= 11 is 0. The highest BCUT2D eigenvalue weighted by Crippen LogP contribution is 2.35. The number of hydrogen-bond acceptors (Lipinski definition) is 4. The largest absolute Gasteiger partial charge is 0.485 e. The Morgan fingerprint density at radius 2 is 1.73 bits per heavy atom. The van der Waals surface area contributed by atoms with Crippen LogP contribution in [-0.4, -0.2) is 18.2 Å². The van der Waals surface area contributed by atoms with Crippen LogP contribution in [0.5, 0.6) is 11.5 Å². The van der Waals surface area contributed by atoms with Crippen molar-refractivity contribution in [3.8, 4) is 11.5 Å². The van der Waals surface area contributed by atoms with Crippen LogP contribution in [0.1, 0.15) is 51.6 Å². The number of allylic oxidation sites excluding steroid dienone is 1. The number of ether oxygens (including phenoxy) is 2. The van der Waals surface area contributed by atoms with Gasteiger partial charge >= 0.3 is 0 Å². The molecule has 0 spiro atoms. The molecule has 3 aromatic carbocycles. The lowest BCUT2D eigenvalue weighted by Gasteiger charge is -2.07. The van der Waals surface area contributed by atoms with E-state index in [1.807, 2.05) is 30.3 Å². The predicted molar refractivity (Wildman–Crippen MR) is 116 cm³/mol. The fourth-order valence-electron chi connectivity index (χ4n) is 3.24.